The summed E-state index contributed by atoms with van der Waals surface area (Å²) in [6.07, 6.45) is 2.46. The van der Waals surface area contributed by atoms with Crippen molar-refractivity contribution in [3.8, 4) is 28.7 Å². The molecule has 1 amide bonds. The number of amides is 1. The average Bonchev–Trinajstić information content (AvgIpc) is 3.50. The number of rotatable bonds is 5. The molecule has 2 atom stereocenters. The van der Waals surface area contributed by atoms with Gasteiger partial charge in [0.1, 0.15) is 17.2 Å². The third-order valence-electron chi connectivity index (χ3n) is 8.15. The van der Waals surface area contributed by atoms with Crippen LogP contribution in [0.25, 0.3) is 0 Å². The van der Waals surface area contributed by atoms with E-state index < -0.39 is 29.8 Å². The van der Waals surface area contributed by atoms with E-state index in [0.29, 0.717) is 47.4 Å². The van der Waals surface area contributed by atoms with Crippen LogP contribution in [-0.2, 0) is 15.9 Å². The monoisotopic (exact) mass is 553 g/mol. The van der Waals surface area contributed by atoms with Crippen molar-refractivity contribution in [2.75, 3.05) is 34.7 Å². The molecule has 1 aliphatic carbocycles. The Morgan fingerprint density at radius 2 is 1.70 bits per heavy atom. The van der Waals surface area contributed by atoms with Crippen molar-refractivity contribution in [2.24, 2.45) is 0 Å². The molecule has 0 saturated heterocycles. The minimum absolute atomic E-state index is 0.0903. The summed E-state index contributed by atoms with van der Waals surface area (Å²) < 4.78 is 40.9. The van der Waals surface area contributed by atoms with E-state index in [1.165, 1.54) is 14.2 Å². The Morgan fingerprint density at radius 3 is 2.33 bits per heavy atom. The lowest BCUT2D eigenvalue weighted by atomic mass is 9.73. The van der Waals surface area contributed by atoms with Crippen LogP contribution in [0.15, 0.2) is 12.1 Å². The lowest BCUT2D eigenvalue weighted by Crippen LogP contribution is -2.45. The maximum atomic E-state index is 13.7. The highest BCUT2D eigenvalue weighted by Gasteiger charge is 2.50. The molecule has 0 bridgehead atoms. The number of carbonyl (C=O) groups is 2. The van der Waals surface area contributed by atoms with Gasteiger partial charge >= 0.3 is 12.1 Å². The first-order valence-electron chi connectivity index (χ1n) is 13.7. The highest BCUT2D eigenvalue weighted by molar-refractivity contribution is 5.98. The summed E-state index contributed by atoms with van der Waals surface area (Å²) in [6.45, 7) is 5.94. The molecular weight excluding hydrogens is 518 g/mol. The zero-order valence-corrected chi connectivity index (χ0v) is 23.8. The quantitative estimate of drug-likeness (QED) is 0.447. The van der Waals surface area contributed by atoms with Gasteiger partial charge in [0.05, 0.1) is 21.3 Å². The molecule has 10 nitrogen and oxygen atoms in total. The van der Waals surface area contributed by atoms with Crippen molar-refractivity contribution in [3.63, 3.8) is 0 Å². The third kappa shape index (κ3) is 3.98. The van der Waals surface area contributed by atoms with Crippen LogP contribution in [0.2, 0.25) is 0 Å². The van der Waals surface area contributed by atoms with Gasteiger partial charge in [-0.25, -0.2) is 9.59 Å². The fourth-order valence-corrected chi connectivity index (χ4v) is 6.33. The first kappa shape index (κ1) is 26.4. The van der Waals surface area contributed by atoms with E-state index in [1.807, 2.05) is 20.8 Å². The first-order valence-corrected chi connectivity index (χ1v) is 13.7. The van der Waals surface area contributed by atoms with E-state index in [2.05, 4.69) is 0 Å². The van der Waals surface area contributed by atoms with E-state index >= 15 is 0 Å². The molecule has 6 rings (SSSR count). The molecule has 0 N–H and O–H groups in total. The number of benzene rings is 2. The Bertz CT molecular complexity index is 1370. The standard InChI is InChI=1S/C30H35NO9/c1-30(2,3)40-29(33)31-13-12-16-19(15-8-7-9-15)26-27(38-14-37-26)25(36-6)20(16)22(31)23-17-10-11-18(34-4)24(35-5)21(17)28(32)39-23/h10-11,15,22-23H,7-9,12-14H2,1-6H3/t22-,23+/m1/s1. The SMILES string of the molecule is COc1ccc2c(c1OC)C(=O)O[C@@H]2[C@H]1c2c(c(C3CCC3)c3c(c2OC)OCO3)CCN1C(=O)OC(C)(C)C. The second kappa shape index (κ2) is 9.67. The number of hydrogen-bond donors (Lipinski definition) is 0. The summed E-state index contributed by atoms with van der Waals surface area (Å²) in [4.78, 5) is 28.8. The molecule has 40 heavy (non-hydrogen) atoms. The number of hydrogen-bond acceptors (Lipinski definition) is 9. The number of fused-ring (bicyclic) bond motifs is 3. The number of nitrogens with zero attached hydrogens (tertiary/aromatic N) is 1. The van der Waals surface area contributed by atoms with Crippen LogP contribution in [0.3, 0.4) is 0 Å². The van der Waals surface area contributed by atoms with Crippen LogP contribution in [0.1, 0.15) is 90.7 Å². The van der Waals surface area contributed by atoms with Crippen molar-refractivity contribution in [3.05, 3.63) is 39.9 Å². The molecule has 0 spiro atoms. The number of carbonyl (C=O) groups excluding carboxylic acids is 2. The Labute approximate surface area is 233 Å². The molecule has 10 heteroatoms. The van der Waals surface area contributed by atoms with Crippen LogP contribution in [-0.4, -0.2) is 57.2 Å². The van der Waals surface area contributed by atoms with Gasteiger partial charge in [-0.15, -0.1) is 0 Å². The van der Waals surface area contributed by atoms with Crippen LogP contribution in [0.5, 0.6) is 28.7 Å². The molecule has 2 aromatic rings. The molecule has 1 fully saturated rings. The normalized spacial score (nSPS) is 21.2. The van der Waals surface area contributed by atoms with E-state index in [0.717, 1.165) is 41.7 Å². The average molecular weight is 554 g/mol. The fourth-order valence-electron chi connectivity index (χ4n) is 6.33. The van der Waals surface area contributed by atoms with Gasteiger partial charge in [0, 0.05) is 23.2 Å². The maximum Gasteiger partial charge on any atom is 0.410 e. The maximum absolute atomic E-state index is 13.7. The molecule has 1 saturated carbocycles. The first-order chi connectivity index (χ1) is 19.2. The molecule has 0 unspecified atom stereocenters. The minimum atomic E-state index is -0.850. The topological polar surface area (TPSA) is 102 Å². The van der Waals surface area contributed by atoms with Crippen LogP contribution in [0.4, 0.5) is 4.79 Å². The fraction of sp³-hybridized carbons (Fsp3) is 0.533. The molecule has 0 radical (unpaired) electrons. The van der Waals surface area contributed by atoms with E-state index in [1.54, 1.807) is 24.1 Å². The van der Waals surface area contributed by atoms with E-state index in [-0.39, 0.29) is 12.4 Å². The van der Waals surface area contributed by atoms with Gasteiger partial charge in [-0.1, -0.05) is 12.5 Å². The second-order valence-electron chi connectivity index (χ2n) is 11.5. The van der Waals surface area contributed by atoms with Crippen molar-refractivity contribution in [1.29, 1.82) is 0 Å². The van der Waals surface area contributed by atoms with Gasteiger partial charge in [-0.3, -0.25) is 4.90 Å². The van der Waals surface area contributed by atoms with Gasteiger partial charge in [0.2, 0.25) is 12.5 Å². The van der Waals surface area contributed by atoms with E-state index in [4.69, 9.17) is 33.2 Å². The van der Waals surface area contributed by atoms with Crippen molar-refractivity contribution < 1.29 is 42.7 Å². The van der Waals surface area contributed by atoms with Gasteiger partial charge < -0.3 is 33.2 Å². The van der Waals surface area contributed by atoms with E-state index in [9.17, 15) is 9.59 Å². The summed E-state index contributed by atoms with van der Waals surface area (Å²) in [5, 5.41) is 0. The zero-order chi connectivity index (χ0) is 28.3. The zero-order valence-electron chi connectivity index (χ0n) is 23.8. The van der Waals surface area contributed by atoms with Gasteiger partial charge in [-0.2, -0.15) is 0 Å². The number of esters is 1. The van der Waals surface area contributed by atoms with Crippen LogP contribution in [0, 0.1) is 0 Å². The van der Waals surface area contributed by atoms with Crippen LogP contribution >= 0.6 is 0 Å². The Kier molecular flexibility index (Phi) is 6.39. The van der Waals surface area contributed by atoms with Crippen molar-refractivity contribution in [2.45, 2.75) is 70.1 Å². The summed E-state index contributed by atoms with van der Waals surface area (Å²) in [5.41, 5.74) is 3.08. The third-order valence-corrected chi connectivity index (χ3v) is 8.15. The molecular formula is C30H35NO9. The predicted octanol–water partition coefficient (Wildman–Crippen LogP) is 5.45. The lowest BCUT2D eigenvalue weighted by Gasteiger charge is -2.42. The molecule has 214 valence electrons. The molecule has 3 aliphatic heterocycles. The largest absolute Gasteiger partial charge is 0.493 e. The highest BCUT2D eigenvalue weighted by Crippen LogP contribution is 2.60. The van der Waals surface area contributed by atoms with Gasteiger partial charge in [0.15, 0.2) is 29.1 Å². The minimum Gasteiger partial charge on any atom is -0.493 e. The number of methoxy groups -OCH3 is 3. The Hall–Kier alpha value is -3.82. The summed E-state index contributed by atoms with van der Waals surface area (Å²) in [6, 6.07) is 2.79. The molecule has 2 aromatic carbocycles. The number of cyclic esters (lactones) is 1. The van der Waals surface area contributed by atoms with Crippen LogP contribution < -0.4 is 23.7 Å². The highest BCUT2D eigenvalue weighted by atomic mass is 16.7. The molecule has 3 heterocycles. The predicted molar refractivity (Wildman–Crippen MR) is 143 cm³/mol. The molecule has 4 aliphatic rings. The van der Waals surface area contributed by atoms with Crippen molar-refractivity contribution in [1.82, 2.24) is 4.90 Å². The summed E-state index contributed by atoms with van der Waals surface area (Å²) in [5.74, 6) is 2.21. The Balaban J connectivity index is 1.59. The lowest BCUT2D eigenvalue weighted by molar-refractivity contribution is -0.0196. The number of ether oxygens (including phenoxy) is 7. The Morgan fingerprint density at radius 1 is 0.975 bits per heavy atom. The van der Waals surface area contributed by atoms with Crippen molar-refractivity contribution >= 4 is 12.1 Å². The smallest absolute Gasteiger partial charge is 0.410 e. The second-order valence-corrected chi connectivity index (χ2v) is 11.5. The molecule has 0 aromatic heterocycles. The van der Waals surface area contributed by atoms with Gasteiger partial charge in [0.25, 0.3) is 0 Å². The summed E-state index contributed by atoms with van der Waals surface area (Å²) >= 11 is 0. The van der Waals surface area contributed by atoms with Gasteiger partial charge in [-0.05, 0) is 57.6 Å². The summed E-state index contributed by atoms with van der Waals surface area (Å²) in [7, 11) is 4.57.